The fourth-order valence-corrected chi connectivity index (χ4v) is 2.93. The molecule has 0 saturated heterocycles. The average Bonchev–Trinajstić information content (AvgIpc) is 2.37. The monoisotopic (exact) mass is 315 g/mol. The van der Waals surface area contributed by atoms with Crippen LogP contribution in [0.3, 0.4) is 0 Å². The molecule has 0 aliphatic heterocycles. The van der Waals surface area contributed by atoms with Gasteiger partial charge in [0.2, 0.25) is 5.91 Å². The molecule has 0 unspecified atom stereocenters. The van der Waals surface area contributed by atoms with Gasteiger partial charge in [0.1, 0.15) is 0 Å². The molecule has 22 heavy (non-hydrogen) atoms. The maximum absolute atomic E-state index is 11.9. The third kappa shape index (κ3) is 12.0. The Morgan fingerprint density at radius 3 is 2.00 bits per heavy atom. The number of ether oxygens (including phenoxy) is 1. The van der Waals surface area contributed by atoms with Crippen molar-refractivity contribution in [1.82, 2.24) is 4.90 Å². The van der Waals surface area contributed by atoms with E-state index in [2.05, 4.69) is 41.5 Å². The topological polar surface area (TPSA) is 29.5 Å². The fraction of sp³-hybridized carbons (Fsp3) is 0.947. The quantitative estimate of drug-likeness (QED) is 0.589. The predicted molar refractivity (Wildman–Crippen MR) is 97.2 cm³/mol. The molecule has 0 aromatic heterocycles. The third-order valence-electron chi connectivity index (χ3n) is 3.32. The van der Waals surface area contributed by atoms with Crippen molar-refractivity contribution < 1.29 is 9.53 Å². The summed E-state index contributed by atoms with van der Waals surface area (Å²) in [6, 6.07) is 0. The van der Waals surface area contributed by atoms with E-state index in [1.165, 1.54) is 0 Å². The summed E-state index contributed by atoms with van der Waals surface area (Å²) in [6.07, 6.45) is 2.87. The molecule has 0 aliphatic carbocycles. The zero-order chi connectivity index (χ0) is 18.0. The average molecular weight is 316 g/mol. The van der Waals surface area contributed by atoms with Crippen LogP contribution in [0.4, 0.5) is 0 Å². The van der Waals surface area contributed by atoms with E-state index >= 15 is 0 Å². The maximum atomic E-state index is 11.9. The second-order valence-electron chi connectivity index (χ2n) is 7.86. The highest BCUT2D eigenvalue weighted by Gasteiger charge is 2.31. The van der Waals surface area contributed by atoms with Gasteiger partial charge in [0.15, 0.2) is 0 Å². The first kappa shape index (κ1) is 23.7. The first-order valence-electron chi connectivity index (χ1n) is 8.85. The van der Waals surface area contributed by atoms with Gasteiger partial charge in [-0.15, -0.1) is 0 Å². The van der Waals surface area contributed by atoms with Gasteiger partial charge < -0.3 is 9.64 Å². The minimum atomic E-state index is 0.0992. The van der Waals surface area contributed by atoms with Gasteiger partial charge in [-0.1, -0.05) is 48.5 Å². The Morgan fingerprint density at radius 2 is 1.59 bits per heavy atom. The molecule has 0 N–H and O–H groups in total. The maximum Gasteiger partial charge on any atom is 0.222 e. The van der Waals surface area contributed by atoms with Crippen molar-refractivity contribution in [2.24, 2.45) is 10.8 Å². The van der Waals surface area contributed by atoms with E-state index in [0.29, 0.717) is 6.42 Å². The molecule has 0 aromatic rings. The number of hydrogen-bond donors (Lipinski definition) is 0. The fourth-order valence-electron chi connectivity index (χ4n) is 2.93. The molecule has 0 spiro atoms. The number of hydrogen-bond acceptors (Lipinski definition) is 2. The van der Waals surface area contributed by atoms with Crippen molar-refractivity contribution >= 4 is 5.91 Å². The van der Waals surface area contributed by atoms with Gasteiger partial charge in [-0.25, -0.2) is 0 Å². The summed E-state index contributed by atoms with van der Waals surface area (Å²) in [7, 11) is 1.91. The first-order valence-corrected chi connectivity index (χ1v) is 8.85. The molecule has 0 rings (SSSR count). The van der Waals surface area contributed by atoms with Crippen molar-refractivity contribution in [2.75, 3.05) is 20.2 Å². The van der Waals surface area contributed by atoms with Crippen LogP contribution in [0.1, 0.15) is 81.6 Å². The van der Waals surface area contributed by atoms with Crippen LogP contribution < -0.4 is 0 Å². The Balaban J connectivity index is 0. The van der Waals surface area contributed by atoms with E-state index in [4.69, 9.17) is 4.74 Å². The Labute approximate surface area is 139 Å². The standard InChI is InChI=1S/C17H35NO2.C2H6/c1-9-10-15(19)18(8)12-16(4,5)11-17(6,7)13-20-14(2)3;1-2/h14H,9-13H2,1-8H3;1-2H3. The highest BCUT2D eigenvalue weighted by Crippen LogP contribution is 2.34. The molecular formula is C19H41NO2. The summed E-state index contributed by atoms with van der Waals surface area (Å²) >= 11 is 0. The minimum absolute atomic E-state index is 0.0992. The Morgan fingerprint density at radius 1 is 1.09 bits per heavy atom. The van der Waals surface area contributed by atoms with Gasteiger partial charge in [0, 0.05) is 20.0 Å². The van der Waals surface area contributed by atoms with Crippen LogP contribution in [-0.4, -0.2) is 37.1 Å². The zero-order valence-corrected chi connectivity index (χ0v) is 16.9. The lowest BCUT2D eigenvalue weighted by atomic mass is 9.75. The molecule has 0 saturated carbocycles. The second kappa shape index (κ2) is 11.0. The summed E-state index contributed by atoms with van der Waals surface area (Å²) in [6.45, 7) is 20.7. The molecular weight excluding hydrogens is 274 g/mol. The highest BCUT2D eigenvalue weighted by molar-refractivity contribution is 5.75. The normalized spacial score (nSPS) is 12.0. The van der Waals surface area contributed by atoms with Crippen LogP contribution in [0.2, 0.25) is 0 Å². The zero-order valence-electron chi connectivity index (χ0n) is 16.9. The number of nitrogens with zero attached hydrogens (tertiary/aromatic N) is 1. The first-order chi connectivity index (χ1) is 9.99. The summed E-state index contributed by atoms with van der Waals surface area (Å²) in [5, 5.41) is 0. The molecule has 0 bridgehead atoms. The van der Waals surface area contributed by atoms with Gasteiger partial charge >= 0.3 is 0 Å². The van der Waals surface area contributed by atoms with Gasteiger partial charge in [0.25, 0.3) is 0 Å². The van der Waals surface area contributed by atoms with E-state index in [1.54, 1.807) is 0 Å². The SMILES string of the molecule is CC.CCCC(=O)N(C)CC(C)(C)CC(C)(C)COC(C)C. The summed E-state index contributed by atoms with van der Waals surface area (Å²) < 4.78 is 5.76. The Kier molecular flexibility index (Phi) is 11.9. The van der Waals surface area contributed by atoms with Crippen LogP contribution in [-0.2, 0) is 9.53 Å². The number of carbonyl (C=O) groups is 1. The van der Waals surface area contributed by atoms with Crippen LogP contribution in [0.25, 0.3) is 0 Å². The summed E-state index contributed by atoms with van der Waals surface area (Å²) in [5.41, 5.74) is 0.227. The molecule has 0 heterocycles. The molecule has 134 valence electrons. The lowest BCUT2D eigenvalue weighted by Gasteiger charge is -2.37. The van der Waals surface area contributed by atoms with Gasteiger partial charge in [-0.2, -0.15) is 0 Å². The molecule has 1 amide bonds. The van der Waals surface area contributed by atoms with Crippen LogP contribution in [0.5, 0.6) is 0 Å². The van der Waals surface area contributed by atoms with E-state index in [9.17, 15) is 4.79 Å². The smallest absolute Gasteiger partial charge is 0.222 e. The Hall–Kier alpha value is -0.570. The molecule has 0 atom stereocenters. The van der Waals surface area contributed by atoms with Crippen LogP contribution in [0.15, 0.2) is 0 Å². The molecule has 0 aliphatic rings. The lowest BCUT2D eigenvalue weighted by molar-refractivity contribution is -0.131. The molecule has 0 radical (unpaired) electrons. The van der Waals surface area contributed by atoms with Crippen molar-refractivity contribution in [3.63, 3.8) is 0 Å². The van der Waals surface area contributed by atoms with Crippen molar-refractivity contribution in [2.45, 2.75) is 87.7 Å². The third-order valence-corrected chi connectivity index (χ3v) is 3.32. The number of amides is 1. The Bertz CT molecular complexity index is 296. The van der Waals surface area contributed by atoms with Crippen molar-refractivity contribution in [3.8, 4) is 0 Å². The van der Waals surface area contributed by atoms with E-state index in [1.807, 2.05) is 32.7 Å². The minimum Gasteiger partial charge on any atom is -0.378 e. The second-order valence-corrected chi connectivity index (χ2v) is 7.86. The lowest BCUT2D eigenvalue weighted by Crippen LogP contribution is -2.39. The van der Waals surface area contributed by atoms with Gasteiger partial charge in [-0.05, 0) is 37.5 Å². The molecule has 3 heteroatoms. The molecule has 0 aromatic carbocycles. The number of carbonyl (C=O) groups excluding carboxylic acids is 1. The van der Waals surface area contributed by atoms with Crippen molar-refractivity contribution in [1.29, 1.82) is 0 Å². The summed E-state index contributed by atoms with van der Waals surface area (Å²) in [5.74, 6) is 0.247. The highest BCUT2D eigenvalue weighted by atomic mass is 16.5. The number of rotatable bonds is 9. The van der Waals surface area contributed by atoms with E-state index in [0.717, 1.165) is 26.0 Å². The molecule has 3 nitrogen and oxygen atoms in total. The van der Waals surface area contributed by atoms with Crippen molar-refractivity contribution in [3.05, 3.63) is 0 Å². The largest absolute Gasteiger partial charge is 0.378 e. The predicted octanol–water partition coefficient (Wildman–Crippen LogP) is 5.14. The van der Waals surface area contributed by atoms with E-state index in [-0.39, 0.29) is 22.8 Å². The van der Waals surface area contributed by atoms with E-state index < -0.39 is 0 Å². The molecule has 0 fully saturated rings. The van der Waals surface area contributed by atoms with Crippen LogP contribution >= 0.6 is 0 Å². The summed E-state index contributed by atoms with van der Waals surface area (Å²) in [4.78, 5) is 13.8. The van der Waals surface area contributed by atoms with Gasteiger partial charge in [0.05, 0.1) is 12.7 Å². The van der Waals surface area contributed by atoms with Crippen LogP contribution in [0, 0.1) is 10.8 Å². The van der Waals surface area contributed by atoms with Gasteiger partial charge in [-0.3, -0.25) is 4.79 Å².